The van der Waals surface area contributed by atoms with E-state index in [1.807, 2.05) is 12.1 Å². The molecule has 3 rings (SSSR count). The highest BCUT2D eigenvalue weighted by molar-refractivity contribution is 9.10. The zero-order valence-corrected chi connectivity index (χ0v) is 18.7. The second-order valence-corrected chi connectivity index (χ2v) is 7.65. The number of hydrogen-bond donors (Lipinski definition) is 1. The van der Waals surface area contributed by atoms with Gasteiger partial charge in [-0.15, -0.1) is 0 Å². The molecule has 1 N–H and O–H groups in total. The number of benzene rings is 2. The lowest BCUT2D eigenvalue weighted by molar-refractivity contribution is 0.0955. The van der Waals surface area contributed by atoms with Crippen molar-refractivity contribution >= 4 is 39.8 Å². The molecule has 154 valence electrons. The minimum absolute atomic E-state index is 0.310. The van der Waals surface area contributed by atoms with Gasteiger partial charge in [-0.1, -0.05) is 23.9 Å². The minimum atomic E-state index is -0.310. The number of amides is 1. The van der Waals surface area contributed by atoms with Crippen LogP contribution < -0.4 is 14.9 Å². The predicted octanol–water partition coefficient (Wildman–Crippen LogP) is 4.31. The Morgan fingerprint density at radius 3 is 2.43 bits per heavy atom. The van der Waals surface area contributed by atoms with E-state index >= 15 is 0 Å². The molecule has 0 atom stereocenters. The van der Waals surface area contributed by atoms with Crippen LogP contribution in [-0.2, 0) is 5.75 Å². The van der Waals surface area contributed by atoms with Gasteiger partial charge >= 0.3 is 0 Å². The van der Waals surface area contributed by atoms with Crippen molar-refractivity contribution in [2.45, 2.75) is 10.9 Å². The third kappa shape index (κ3) is 5.58. The average molecular weight is 487 g/mol. The molecule has 1 heterocycles. The molecule has 0 saturated carbocycles. The Hall–Kier alpha value is -2.91. The quantitative estimate of drug-likeness (QED) is 0.221. The first-order valence-electron chi connectivity index (χ1n) is 8.85. The Morgan fingerprint density at radius 2 is 1.77 bits per heavy atom. The van der Waals surface area contributed by atoms with Gasteiger partial charge in [0.05, 0.1) is 30.5 Å². The maximum Gasteiger partial charge on any atom is 0.271 e. The van der Waals surface area contributed by atoms with Crippen LogP contribution in [-0.4, -0.2) is 36.3 Å². The summed E-state index contributed by atoms with van der Waals surface area (Å²) in [6.45, 7) is 0. The molecule has 1 amide bonds. The number of ether oxygens (including phenoxy) is 2. The summed E-state index contributed by atoms with van der Waals surface area (Å²) in [6, 6.07) is 12.6. The molecule has 0 unspecified atom stereocenters. The van der Waals surface area contributed by atoms with E-state index in [9.17, 15) is 4.79 Å². The Bertz CT molecular complexity index is 1030. The largest absolute Gasteiger partial charge is 0.496 e. The summed E-state index contributed by atoms with van der Waals surface area (Å²) in [5, 5.41) is 4.77. The number of rotatable bonds is 8. The molecule has 0 aliphatic rings. The van der Waals surface area contributed by atoms with E-state index in [2.05, 4.69) is 36.4 Å². The standard InChI is InChI=1S/C21H19BrN4O3S/c1-28-17-8-9-18(29-2)19(22)16(17)12-25-26-20(27)15-6-4-14(5-7-15)13-30-21-23-10-3-11-24-21/h3-12H,13H2,1-2H3,(H,26,27)/b25-12-. The number of methoxy groups -OCH3 is 2. The maximum atomic E-state index is 12.4. The second kappa shape index (κ2) is 10.7. The highest BCUT2D eigenvalue weighted by Crippen LogP contribution is 2.33. The van der Waals surface area contributed by atoms with Crippen molar-refractivity contribution in [2.75, 3.05) is 14.2 Å². The molecule has 30 heavy (non-hydrogen) atoms. The number of hydrazone groups is 1. The van der Waals surface area contributed by atoms with Gasteiger partial charge in [-0.05, 0) is 51.8 Å². The van der Waals surface area contributed by atoms with Crippen molar-refractivity contribution in [2.24, 2.45) is 5.10 Å². The molecule has 9 heteroatoms. The van der Waals surface area contributed by atoms with Gasteiger partial charge in [0.1, 0.15) is 11.5 Å². The first-order valence-corrected chi connectivity index (χ1v) is 10.6. The van der Waals surface area contributed by atoms with Gasteiger partial charge in [0.2, 0.25) is 0 Å². The summed E-state index contributed by atoms with van der Waals surface area (Å²) in [6.07, 6.45) is 4.93. The number of hydrogen-bond acceptors (Lipinski definition) is 7. The average Bonchev–Trinajstić information content (AvgIpc) is 2.79. The Labute approximate surface area is 187 Å². The van der Waals surface area contributed by atoms with E-state index in [-0.39, 0.29) is 5.91 Å². The van der Waals surface area contributed by atoms with Crippen molar-refractivity contribution in [3.63, 3.8) is 0 Å². The smallest absolute Gasteiger partial charge is 0.271 e. The highest BCUT2D eigenvalue weighted by Gasteiger charge is 2.11. The van der Waals surface area contributed by atoms with Crippen LogP contribution in [0.4, 0.5) is 0 Å². The number of halogens is 1. The fourth-order valence-electron chi connectivity index (χ4n) is 2.49. The van der Waals surface area contributed by atoms with Crippen molar-refractivity contribution in [1.82, 2.24) is 15.4 Å². The Balaban J connectivity index is 1.61. The minimum Gasteiger partial charge on any atom is -0.496 e. The number of nitrogens with one attached hydrogen (secondary N) is 1. The third-order valence-corrected chi connectivity index (χ3v) is 5.79. The number of nitrogens with zero attached hydrogens (tertiary/aromatic N) is 3. The van der Waals surface area contributed by atoms with Crippen LogP contribution in [0.25, 0.3) is 0 Å². The van der Waals surface area contributed by atoms with Crippen LogP contribution in [0.15, 0.2) is 69.6 Å². The van der Waals surface area contributed by atoms with E-state index < -0.39 is 0 Å². The summed E-state index contributed by atoms with van der Waals surface area (Å²) in [5.74, 6) is 1.64. The van der Waals surface area contributed by atoms with E-state index in [1.165, 1.54) is 18.0 Å². The van der Waals surface area contributed by atoms with Crippen molar-refractivity contribution < 1.29 is 14.3 Å². The lowest BCUT2D eigenvalue weighted by Gasteiger charge is -2.10. The molecule has 1 aromatic heterocycles. The predicted molar refractivity (Wildman–Crippen MR) is 120 cm³/mol. The van der Waals surface area contributed by atoms with Gasteiger partial charge in [0.25, 0.3) is 5.91 Å². The molecule has 0 fully saturated rings. The summed E-state index contributed by atoms with van der Waals surface area (Å²) in [5.41, 5.74) is 4.76. The van der Waals surface area contributed by atoms with Gasteiger partial charge < -0.3 is 9.47 Å². The molecular weight excluding hydrogens is 468 g/mol. The lowest BCUT2D eigenvalue weighted by Crippen LogP contribution is -2.17. The van der Waals surface area contributed by atoms with Crippen LogP contribution in [0.3, 0.4) is 0 Å². The molecular formula is C21H19BrN4O3S. The van der Waals surface area contributed by atoms with Gasteiger partial charge in [-0.3, -0.25) is 4.79 Å². The van der Waals surface area contributed by atoms with E-state index in [4.69, 9.17) is 9.47 Å². The molecule has 0 aliphatic carbocycles. The first-order chi connectivity index (χ1) is 14.6. The summed E-state index contributed by atoms with van der Waals surface area (Å²) >= 11 is 5.00. The number of carbonyl (C=O) groups excluding carboxylic acids is 1. The first kappa shape index (κ1) is 21.8. The number of aromatic nitrogens is 2. The second-order valence-electron chi connectivity index (χ2n) is 5.91. The van der Waals surface area contributed by atoms with Gasteiger partial charge in [0.15, 0.2) is 5.16 Å². The molecule has 7 nitrogen and oxygen atoms in total. The van der Waals surface area contributed by atoms with Crippen molar-refractivity contribution in [3.8, 4) is 11.5 Å². The van der Waals surface area contributed by atoms with Crippen LogP contribution in [0.1, 0.15) is 21.5 Å². The van der Waals surface area contributed by atoms with E-state index in [1.54, 1.807) is 56.9 Å². The number of carbonyl (C=O) groups is 1. The lowest BCUT2D eigenvalue weighted by atomic mass is 10.1. The zero-order valence-electron chi connectivity index (χ0n) is 16.3. The topological polar surface area (TPSA) is 85.7 Å². The molecule has 0 saturated heterocycles. The Morgan fingerprint density at radius 1 is 1.10 bits per heavy atom. The summed E-state index contributed by atoms with van der Waals surface area (Å²) in [4.78, 5) is 20.7. The third-order valence-electron chi connectivity index (χ3n) is 4.03. The molecule has 0 bridgehead atoms. The molecule has 0 spiro atoms. The normalized spacial score (nSPS) is 10.8. The Kier molecular flexibility index (Phi) is 7.81. The van der Waals surface area contributed by atoms with Crippen LogP contribution in [0.2, 0.25) is 0 Å². The summed E-state index contributed by atoms with van der Waals surface area (Å²) < 4.78 is 11.3. The van der Waals surface area contributed by atoms with Crippen molar-refractivity contribution in [3.05, 3.63) is 76.0 Å². The zero-order chi connectivity index (χ0) is 21.3. The maximum absolute atomic E-state index is 12.4. The van der Waals surface area contributed by atoms with Crippen LogP contribution >= 0.6 is 27.7 Å². The monoisotopic (exact) mass is 486 g/mol. The fraction of sp³-hybridized carbons (Fsp3) is 0.143. The molecule has 3 aromatic rings. The van der Waals surface area contributed by atoms with Gasteiger partial charge in [0, 0.05) is 23.7 Å². The fourth-order valence-corrected chi connectivity index (χ4v) is 3.84. The van der Waals surface area contributed by atoms with Crippen LogP contribution in [0, 0.1) is 0 Å². The summed E-state index contributed by atoms with van der Waals surface area (Å²) in [7, 11) is 3.14. The highest BCUT2D eigenvalue weighted by atomic mass is 79.9. The number of thioether (sulfide) groups is 1. The van der Waals surface area contributed by atoms with Gasteiger partial charge in [-0.25, -0.2) is 15.4 Å². The van der Waals surface area contributed by atoms with E-state index in [0.29, 0.717) is 38.0 Å². The molecule has 2 aromatic carbocycles. The SMILES string of the molecule is COc1ccc(OC)c(/C=N\NC(=O)c2ccc(CSc3ncccn3)cc2)c1Br. The van der Waals surface area contributed by atoms with Gasteiger partial charge in [-0.2, -0.15) is 5.10 Å². The van der Waals surface area contributed by atoms with E-state index in [0.717, 1.165) is 5.56 Å². The molecule has 0 aliphatic heterocycles. The molecule has 0 radical (unpaired) electrons. The van der Waals surface area contributed by atoms with Crippen molar-refractivity contribution in [1.29, 1.82) is 0 Å². The van der Waals surface area contributed by atoms with Crippen LogP contribution in [0.5, 0.6) is 11.5 Å².